The van der Waals surface area contributed by atoms with E-state index in [1.807, 2.05) is 0 Å². The molecule has 0 saturated heterocycles. The summed E-state index contributed by atoms with van der Waals surface area (Å²) in [6.45, 7) is -1.53. The number of alkyl halides is 3. The van der Waals surface area contributed by atoms with Crippen LogP contribution in [0.1, 0.15) is 16.1 Å². The lowest BCUT2D eigenvalue weighted by Crippen LogP contribution is -2.24. The van der Waals surface area contributed by atoms with Crippen LogP contribution in [0.2, 0.25) is 5.02 Å². The molecule has 0 saturated carbocycles. The van der Waals surface area contributed by atoms with Crippen LogP contribution < -0.4 is 10.1 Å². The van der Waals surface area contributed by atoms with E-state index in [0.29, 0.717) is 16.3 Å². The monoisotopic (exact) mass is 410 g/mol. The number of benzene rings is 1. The van der Waals surface area contributed by atoms with E-state index < -0.39 is 18.7 Å². The second-order valence-corrected chi connectivity index (χ2v) is 6.17. The van der Waals surface area contributed by atoms with Gasteiger partial charge < -0.3 is 10.1 Å². The second kappa shape index (κ2) is 8.30. The van der Waals surface area contributed by atoms with Gasteiger partial charge in [-0.15, -0.1) is 0 Å². The third kappa shape index (κ3) is 5.23. The fourth-order valence-electron chi connectivity index (χ4n) is 2.34. The molecule has 2 heterocycles. The normalized spacial score (nSPS) is 11.3. The zero-order valence-electron chi connectivity index (χ0n) is 14.3. The number of halogens is 4. The minimum absolute atomic E-state index is 0.0641. The molecule has 2 aromatic heterocycles. The standard InChI is InChI=1S/C18H14ClF3N4O2/c19-13-5-1-3-11(7-13)14-8-15(26-25-14)16(27)24-9-12-4-2-6-23-17(12)28-10-18(20,21)22/h1-8H,9-10H2,(H,24,27)(H,25,26). The van der Waals surface area contributed by atoms with Gasteiger partial charge in [0.15, 0.2) is 6.61 Å². The molecule has 0 spiro atoms. The fourth-order valence-corrected chi connectivity index (χ4v) is 2.53. The van der Waals surface area contributed by atoms with Gasteiger partial charge in [0.05, 0.1) is 5.69 Å². The summed E-state index contributed by atoms with van der Waals surface area (Å²) < 4.78 is 41.7. The van der Waals surface area contributed by atoms with Crippen molar-refractivity contribution in [1.82, 2.24) is 20.5 Å². The minimum Gasteiger partial charge on any atom is -0.468 e. The van der Waals surface area contributed by atoms with Gasteiger partial charge in [-0.1, -0.05) is 29.8 Å². The highest BCUT2D eigenvalue weighted by Crippen LogP contribution is 2.22. The Hall–Kier alpha value is -3.07. The Labute approximate surface area is 162 Å². The molecule has 0 atom stereocenters. The van der Waals surface area contributed by atoms with Crippen molar-refractivity contribution in [2.45, 2.75) is 12.7 Å². The summed E-state index contributed by atoms with van der Waals surface area (Å²) in [4.78, 5) is 16.1. The molecule has 0 aliphatic carbocycles. The molecule has 10 heteroatoms. The Bertz CT molecular complexity index is 975. The van der Waals surface area contributed by atoms with E-state index in [-0.39, 0.29) is 18.1 Å². The number of hydrogen-bond donors (Lipinski definition) is 2. The minimum atomic E-state index is -4.48. The van der Waals surface area contributed by atoms with E-state index >= 15 is 0 Å². The summed E-state index contributed by atoms with van der Waals surface area (Å²) in [5.41, 5.74) is 1.77. The van der Waals surface area contributed by atoms with Crippen molar-refractivity contribution in [2.24, 2.45) is 0 Å². The SMILES string of the molecule is O=C(NCc1cccnc1OCC(F)(F)F)c1cc(-c2cccc(Cl)c2)n[nH]1. The molecular formula is C18H14ClF3N4O2. The lowest BCUT2D eigenvalue weighted by molar-refractivity contribution is -0.154. The number of carbonyl (C=O) groups is 1. The molecule has 3 rings (SSSR count). The molecule has 0 bridgehead atoms. The summed E-state index contributed by atoms with van der Waals surface area (Å²) in [6.07, 6.45) is -3.17. The molecule has 3 aromatic rings. The molecule has 2 N–H and O–H groups in total. The predicted molar refractivity (Wildman–Crippen MR) is 96.0 cm³/mol. The molecule has 0 aliphatic heterocycles. The Morgan fingerprint density at radius 3 is 2.79 bits per heavy atom. The van der Waals surface area contributed by atoms with Gasteiger partial charge in [0.1, 0.15) is 5.69 Å². The Morgan fingerprint density at radius 2 is 2.04 bits per heavy atom. The predicted octanol–water partition coefficient (Wildman–Crippen LogP) is 4.00. The van der Waals surface area contributed by atoms with Crippen molar-refractivity contribution in [3.63, 3.8) is 0 Å². The third-order valence-electron chi connectivity index (χ3n) is 3.60. The zero-order chi connectivity index (χ0) is 20.1. The van der Waals surface area contributed by atoms with Crippen molar-refractivity contribution in [3.05, 3.63) is 64.9 Å². The molecule has 1 aromatic carbocycles. The number of ether oxygens (including phenoxy) is 1. The van der Waals surface area contributed by atoms with Gasteiger partial charge in [0.2, 0.25) is 5.88 Å². The van der Waals surface area contributed by atoms with Crippen LogP contribution in [0.15, 0.2) is 48.7 Å². The van der Waals surface area contributed by atoms with E-state index in [9.17, 15) is 18.0 Å². The number of carbonyl (C=O) groups excluding carboxylic acids is 1. The Balaban J connectivity index is 1.65. The third-order valence-corrected chi connectivity index (χ3v) is 3.84. The number of hydrogen-bond acceptors (Lipinski definition) is 4. The van der Waals surface area contributed by atoms with Crippen LogP contribution in [0.5, 0.6) is 5.88 Å². The smallest absolute Gasteiger partial charge is 0.422 e. The number of nitrogens with one attached hydrogen (secondary N) is 2. The van der Waals surface area contributed by atoms with Crippen molar-refractivity contribution in [3.8, 4) is 17.1 Å². The number of aromatic amines is 1. The lowest BCUT2D eigenvalue weighted by Gasteiger charge is -2.12. The molecule has 0 unspecified atom stereocenters. The topological polar surface area (TPSA) is 79.9 Å². The number of pyridine rings is 1. The maximum atomic E-state index is 12.3. The maximum Gasteiger partial charge on any atom is 0.422 e. The zero-order valence-corrected chi connectivity index (χ0v) is 15.0. The number of aromatic nitrogens is 3. The van der Waals surface area contributed by atoms with Gasteiger partial charge in [-0.2, -0.15) is 18.3 Å². The first kappa shape index (κ1) is 19.7. The number of rotatable bonds is 6. The highest BCUT2D eigenvalue weighted by molar-refractivity contribution is 6.30. The number of H-pyrrole nitrogens is 1. The van der Waals surface area contributed by atoms with Crippen LogP contribution >= 0.6 is 11.6 Å². The van der Waals surface area contributed by atoms with Crippen LogP contribution in [-0.4, -0.2) is 33.9 Å². The molecule has 0 aliphatic rings. The van der Waals surface area contributed by atoms with Gasteiger partial charge >= 0.3 is 6.18 Å². The first-order valence-corrected chi connectivity index (χ1v) is 8.42. The highest BCUT2D eigenvalue weighted by Gasteiger charge is 2.29. The average Bonchev–Trinajstić information content (AvgIpc) is 3.15. The van der Waals surface area contributed by atoms with Gasteiger partial charge in [0, 0.05) is 28.9 Å². The maximum absolute atomic E-state index is 12.3. The summed E-state index contributed by atoms with van der Waals surface area (Å²) >= 11 is 5.94. The number of amides is 1. The van der Waals surface area contributed by atoms with Crippen molar-refractivity contribution < 1.29 is 22.7 Å². The van der Waals surface area contributed by atoms with Crippen LogP contribution in [0.25, 0.3) is 11.3 Å². The fraction of sp³-hybridized carbons (Fsp3) is 0.167. The Morgan fingerprint density at radius 1 is 1.21 bits per heavy atom. The highest BCUT2D eigenvalue weighted by atomic mass is 35.5. The van der Waals surface area contributed by atoms with Gasteiger partial charge in [-0.25, -0.2) is 4.98 Å². The molecule has 1 amide bonds. The molecular weight excluding hydrogens is 397 g/mol. The Kier molecular flexibility index (Phi) is 5.84. The van der Waals surface area contributed by atoms with E-state index in [1.165, 1.54) is 18.3 Å². The summed E-state index contributed by atoms with van der Waals surface area (Å²) in [5.74, 6) is -0.671. The van der Waals surface area contributed by atoms with E-state index in [2.05, 4.69) is 20.5 Å². The van der Waals surface area contributed by atoms with Crippen LogP contribution in [0, 0.1) is 0 Å². The summed E-state index contributed by atoms with van der Waals surface area (Å²) in [5, 5.41) is 9.82. The van der Waals surface area contributed by atoms with Gasteiger partial charge in [-0.05, 0) is 24.3 Å². The van der Waals surface area contributed by atoms with Crippen LogP contribution in [-0.2, 0) is 6.54 Å². The van der Waals surface area contributed by atoms with Crippen molar-refractivity contribution in [1.29, 1.82) is 0 Å². The lowest BCUT2D eigenvalue weighted by atomic mass is 10.1. The molecule has 146 valence electrons. The van der Waals surface area contributed by atoms with Gasteiger partial charge in [-0.3, -0.25) is 9.89 Å². The quantitative estimate of drug-likeness (QED) is 0.643. The largest absolute Gasteiger partial charge is 0.468 e. The van der Waals surface area contributed by atoms with Crippen molar-refractivity contribution >= 4 is 17.5 Å². The molecule has 0 radical (unpaired) electrons. The molecule has 28 heavy (non-hydrogen) atoms. The first-order chi connectivity index (χ1) is 13.3. The summed E-state index contributed by atoms with van der Waals surface area (Å²) in [7, 11) is 0. The number of nitrogens with zero attached hydrogens (tertiary/aromatic N) is 2. The van der Waals surface area contributed by atoms with Crippen LogP contribution in [0.3, 0.4) is 0 Å². The van der Waals surface area contributed by atoms with Crippen molar-refractivity contribution in [2.75, 3.05) is 6.61 Å². The van der Waals surface area contributed by atoms with E-state index in [1.54, 1.807) is 30.3 Å². The second-order valence-electron chi connectivity index (χ2n) is 5.73. The van der Waals surface area contributed by atoms with Gasteiger partial charge in [0.25, 0.3) is 5.91 Å². The van der Waals surface area contributed by atoms with Crippen LogP contribution in [0.4, 0.5) is 13.2 Å². The molecule has 0 fully saturated rings. The molecule has 6 nitrogen and oxygen atoms in total. The van der Waals surface area contributed by atoms with E-state index in [0.717, 1.165) is 5.56 Å². The van der Waals surface area contributed by atoms with E-state index in [4.69, 9.17) is 16.3 Å². The summed E-state index contributed by atoms with van der Waals surface area (Å²) in [6, 6.07) is 11.6. The average molecular weight is 411 g/mol. The first-order valence-electron chi connectivity index (χ1n) is 8.05.